The minimum Gasteiger partial charge on any atom is -0.497 e. The number of nitrogens with one attached hydrogen (secondary N) is 1. The molecule has 0 aliphatic carbocycles. The lowest BCUT2D eigenvalue weighted by atomic mass is 10.2. The number of aryl methyl sites for hydroxylation is 1. The first-order valence-electron chi connectivity index (χ1n) is 9.12. The number of ether oxygens (including phenoxy) is 1. The van der Waals surface area contributed by atoms with Gasteiger partial charge >= 0.3 is 0 Å². The molecule has 1 amide bonds. The molecule has 26 heavy (non-hydrogen) atoms. The van der Waals surface area contributed by atoms with Gasteiger partial charge in [-0.05, 0) is 36.8 Å². The third-order valence-electron chi connectivity index (χ3n) is 4.75. The molecule has 1 heterocycles. The first kappa shape index (κ1) is 18.3. The molecule has 138 valence electrons. The van der Waals surface area contributed by atoms with Gasteiger partial charge in [0.2, 0.25) is 5.91 Å². The van der Waals surface area contributed by atoms with Gasteiger partial charge in [-0.15, -0.1) is 0 Å². The molecular formula is C21H27N3O2. The molecule has 1 N–H and O–H groups in total. The summed E-state index contributed by atoms with van der Waals surface area (Å²) < 4.78 is 5.18. The summed E-state index contributed by atoms with van der Waals surface area (Å²) in [5.41, 5.74) is 3.36. The first-order chi connectivity index (χ1) is 12.6. The second kappa shape index (κ2) is 8.72. The molecule has 1 fully saturated rings. The summed E-state index contributed by atoms with van der Waals surface area (Å²) in [4.78, 5) is 17.0. The SMILES string of the molecule is COc1cccc(NC(=O)CCN2CCN(c3cccc(C)c3)CC2)c1. The number of hydrogen-bond acceptors (Lipinski definition) is 4. The number of benzene rings is 2. The molecule has 1 aliphatic heterocycles. The lowest BCUT2D eigenvalue weighted by Gasteiger charge is -2.36. The molecule has 2 aromatic carbocycles. The van der Waals surface area contributed by atoms with E-state index >= 15 is 0 Å². The second-order valence-corrected chi connectivity index (χ2v) is 6.70. The molecule has 5 nitrogen and oxygen atoms in total. The van der Waals surface area contributed by atoms with E-state index in [1.807, 2.05) is 24.3 Å². The topological polar surface area (TPSA) is 44.8 Å². The highest BCUT2D eigenvalue weighted by Gasteiger charge is 2.17. The lowest BCUT2D eigenvalue weighted by molar-refractivity contribution is -0.116. The second-order valence-electron chi connectivity index (χ2n) is 6.70. The molecule has 5 heteroatoms. The number of carbonyl (C=O) groups excluding carboxylic acids is 1. The van der Waals surface area contributed by atoms with Gasteiger partial charge in [0.05, 0.1) is 7.11 Å². The van der Waals surface area contributed by atoms with Crippen LogP contribution in [-0.2, 0) is 4.79 Å². The fourth-order valence-corrected chi connectivity index (χ4v) is 3.24. The zero-order chi connectivity index (χ0) is 18.4. The quantitative estimate of drug-likeness (QED) is 0.866. The maximum atomic E-state index is 12.2. The molecule has 1 saturated heterocycles. The number of anilines is 2. The summed E-state index contributed by atoms with van der Waals surface area (Å²) in [6, 6.07) is 16.1. The summed E-state index contributed by atoms with van der Waals surface area (Å²) in [6.45, 7) is 6.89. The first-order valence-corrected chi connectivity index (χ1v) is 9.12. The summed E-state index contributed by atoms with van der Waals surface area (Å²) in [6.07, 6.45) is 0.502. The average Bonchev–Trinajstić information content (AvgIpc) is 2.67. The normalized spacial score (nSPS) is 14.9. The van der Waals surface area contributed by atoms with Gasteiger partial charge in [0.1, 0.15) is 5.75 Å². The molecule has 2 aromatic rings. The van der Waals surface area contributed by atoms with E-state index in [-0.39, 0.29) is 5.91 Å². The predicted octanol–water partition coefficient (Wildman–Crippen LogP) is 3.15. The summed E-state index contributed by atoms with van der Waals surface area (Å²) in [7, 11) is 1.62. The Morgan fingerprint density at radius 1 is 1.08 bits per heavy atom. The van der Waals surface area contributed by atoms with Crippen LogP contribution in [0.25, 0.3) is 0 Å². The van der Waals surface area contributed by atoms with Gasteiger partial charge in [-0.1, -0.05) is 18.2 Å². The van der Waals surface area contributed by atoms with Crippen LogP contribution in [0.3, 0.4) is 0 Å². The van der Waals surface area contributed by atoms with Crippen LogP contribution in [0, 0.1) is 6.92 Å². The van der Waals surface area contributed by atoms with E-state index in [0.717, 1.165) is 44.2 Å². The fourth-order valence-electron chi connectivity index (χ4n) is 3.24. The zero-order valence-electron chi connectivity index (χ0n) is 15.6. The number of methoxy groups -OCH3 is 1. The maximum absolute atomic E-state index is 12.2. The predicted molar refractivity (Wildman–Crippen MR) is 106 cm³/mol. The Kier molecular flexibility index (Phi) is 6.12. The van der Waals surface area contributed by atoms with E-state index in [4.69, 9.17) is 4.74 Å². The Morgan fingerprint density at radius 3 is 2.58 bits per heavy atom. The Morgan fingerprint density at radius 2 is 1.85 bits per heavy atom. The van der Waals surface area contributed by atoms with E-state index in [2.05, 4.69) is 46.3 Å². The van der Waals surface area contributed by atoms with Crippen LogP contribution in [0.5, 0.6) is 5.75 Å². The van der Waals surface area contributed by atoms with Crippen LogP contribution in [0.1, 0.15) is 12.0 Å². The number of piperazine rings is 1. The molecule has 0 saturated carbocycles. The molecule has 0 unspecified atom stereocenters. The molecule has 0 aromatic heterocycles. The molecule has 1 aliphatic rings. The maximum Gasteiger partial charge on any atom is 0.225 e. The molecule has 0 atom stereocenters. The van der Waals surface area contributed by atoms with E-state index in [0.29, 0.717) is 6.42 Å². The van der Waals surface area contributed by atoms with Crippen LogP contribution in [-0.4, -0.2) is 50.6 Å². The standard InChI is InChI=1S/C21H27N3O2/c1-17-5-3-7-19(15-17)24-13-11-23(12-14-24)10-9-21(25)22-18-6-4-8-20(16-18)26-2/h3-8,15-16H,9-14H2,1-2H3,(H,22,25). The van der Waals surface area contributed by atoms with Crippen molar-refractivity contribution >= 4 is 17.3 Å². The minimum atomic E-state index is 0.0411. The molecular weight excluding hydrogens is 326 g/mol. The highest BCUT2D eigenvalue weighted by molar-refractivity contribution is 5.91. The Balaban J connectivity index is 1.42. The summed E-state index contributed by atoms with van der Waals surface area (Å²) in [5, 5.41) is 2.94. The number of hydrogen-bond donors (Lipinski definition) is 1. The summed E-state index contributed by atoms with van der Waals surface area (Å²) >= 11 is 0. The third-order valence-corrected chi connectivity index (χ3v) is 4.75. The van der Waals surface area contributed by atoms with Crippen molar-refractivity contribution in [2.45, 2.75) is 13.3 Å². The van der Waals surface area contributed by atoms with Crippen molar-refractivity contribution in [3.63, 3.8) is 0 Å². The number of amides is 1. The van der Waals surface area contributed by atoms with Gasteiger partial charge in [-0.3, -0.25) is 9.69 Å². The van der Waals surface area contributed by atoms with Gasteiger partial charge in [-0.25, -0.2) is 0 Å². The number of nitrogens with zero attached hydrogens (tertiary/aromatic N) is 2. The molecule has 0 bridgehead atoms. The van der Waals surface area contributed by atoms with Crippen molar-refractivity contribution in [1.82, 2.24) is 4.90 Å². The third kappa shape index (κ3) is 4.99. The van der Waals surface area contributed by atoms with Crippen LogP contribution in [0.4, 0.5) is 11.4 Å². The van der Waals surface area contributed by atoms with E-state index in [1.54, 1.807) is 7.11 Å². The van der Waals surface area contributed by atoms with Gasteiger partial charge in [0.15, 0.2) is 0 Å². The van der Waals surface area contributed by atoms with Gasteiger partial charge in [0.25, 0.3) is 0 Å². The smallest absolute Gasteiger partial charge is 0.225 e. The van der Waals surface area contributed by atoms with Crippen molar-refractivity contribution in [2.24, 2.45) is 0 Å². The average molecular weight is 353 g/mol. The molecule has 3 rings (SSSR count). The van der Waals surface area contributed by atoms with Crippen LogP contribution >= 0.6 is 0 Å². The van der Waals surface area contributed by atoms with Gasteiger partial charge in [-0.2, -0.15) is 0 Å². The number of rotatable bonds is 6. The highest BCUT2D eigenvalue weighted by atomic mass is 16.5. The van der Waals surface area contributed by atoms with Crippen molar-refractivity contribution in [3.05, 3.63) is 54.1 Å². The van der Waals surface area contributed by atoms with Crippen LogP contribution in [0.15, 0.2) is 48.5 Å². The highest BCUT2D eigenvalue weighted by Crippen LogP contribution is 2.19. The molecule has 0 spiro atoms. The van der Waals surface area contributed by atoms with E-state index in [9.17, 15) is 4.79 Å². The zero-order valence-corrected chi connectivity index (χ0v) is 15.6. The van der Waals surface area contributed by atoms with Crippen molar-refractivity contribution < 1.29 is 9.53 Å². The Hall–Kier alpha value is -2.53. The van der Waals surface area contributed by atoms with Crippen molar-refractivity contribution in [2.75, 3.05) is 50.1 Å². The molecule has 0 radical (unpaired) electrons. The van der Waals surface area contributed by atoms with Gasteiger partial charge < -0.3 is 15.0 Å². The lowest BCUT2D eigenvalue weighted by Crippen LogP contribution is -2.47. The monoisotopic (exact) mass is 353 g/mol. The summed E-state index contributed by atoms with van der Waals surface area (Å²) in [5.74, 6) is 0.787. The van der Waals surface area contributed by atoms with E-state index < -0.39 is 0 Å². The number of carbonyl (C=O) groups is 1. The van der Waals surface area contributed by atoms with Crippen molar-refractivity contribution in [3.8, 4) is 5.75 Å². The van der Waals surface area contributed by atoms with Crippen LogP contribution in [0.2, 0.25) is 0 Å². The van der Waals surface area contributed by atoms with Crippen molar-refractivity contribution in [1.29, 1.82) is 0 Å². The Bertz CT molecular complexity index is 740. The largest absolute Gasteiger partial charge is 0.497 e. The Labute approximate surface area is 155 Å². The van der Waals surface area contributed by atoms with E-state index in [1.165, 1.54) is 11.3 Å². The minimum absolute atomic E-state index is 0.0411. The van der Waals surface area contributed by atoms with Crippen LogP contribution < -0.4 is 15.0 Å². The fraction of sp³-hybridized carbons (Fsp3) is 0.381. The van der Waals surface area contributed by atoms with Gasteiger partial charge in [0, 0.05) is 56.6 Å².